The molecule has 1 N–H and O–H groups in total. The van der Waals surface area contributed by atoms with Crippen molar-refractivity contribution in [2.75, 3.05) is 6.54 Å². The monoisotopic (exact) mass is 285 g/mol. The molecule has 1 aromatic heterocycles. The van der Waals surface area contributed by atoms with Gasteiger partial charge in [0.15, 0.2) is 0 Å². The van der Waals surface area contributed by atoms with Crippen LogP contribution in [0, 0.1) is 5.92 Å². The van der Waals surface area contributed by atoms with Gasteiger partial charge in [-0.3, -0.25) is 4.68 Å². The molecule has 0 aliphatic carbocycles. The lowest BCUT2D eigenvalue weighted by atomic mass is 9.99. The molecule has 3 nitrogen and oxygen atoms in total. The molecule has 19 heavy (non-hydrogen) atoms. The summed E-state index contributed by atoms with van der Waals surface area (Å²) >= 11 is 6.47. The Morgan fingerprint density at radius 3 is 2.42 bits per heavy atom. The lowest BCUT2D eigenvalue weighted by molar-refractivity contribution is 0.423. The molecule has 0 fully saturated rings. The number of hydrogen-bond donors (Lipinski definition) is 1. The van der Waals surface area contributed by atoms with Crippen LogP contribution in [0.3, 0.4) is 0 Å². The van der Waals surface area contributed by atoms with E-state index in [1.807, 2.05) is 0 Å². The van der Waals surface area contributed by atoms with Crippen molar-refractivity contribution < 1.29 is 0 Å². The number of nitrogens with one attached hydrogen (secondary N) is 1. The van der Waals surface area contributed by atoms with Crippen molar-refractivity contribution >= 4 is 11.6 Å². The maximum atomic E-state index is 6.47. The fourth-order valence-electron chi connectivity index (χ4n) is 2.25. The van der Waals surface area contributed by atoms with Gasteiger partial charge in [0.25, 0.3) is 0 Å². The molecule has 1 atom stereocenters. The summed E-state index contributed by atoms with van der Waals surface area (Å²) < 4.78 is 2.07. The largest absolute Gasteiger partial charge is 0.314 e. The van der Waals surface area contributed by atoms with Crippen LogP contribution in [-0.2, 0) is 19.4 Å². The maximum Gasteiger partial charge on any atom is 0.0849 e. The van der Waals surface area contributed by atoms with E-state index < -0.39 is 0 Å². The van der Waals surface area contributed by atoms with Gasteiger partial charge in [-0.2, -0.15) is 5.10 Å². The summed E-state index contributed by atoms with van der Waals surface area (Å²) in [5.41, 5.74) is 2.24. The third-order valence-corrected chi connectivity index (χ3v) is 4.00. The average Bonchev–Trinajstić information content (AvgIpc) is 2.70. The molecule has 0 saturated carbocycles. The molecule has 1 heterocycles. The van der Waals surface area contributed by atoms with Gasteiger partial charge < -0.3 is 5.32 Å². The molecule has 0 aliphatic rings. The van der Waals surface area contributed by atoms with Gasteiger partial charge in [-0.05, 0) is 32.2 Å². The van der Waals surface area contributed by atoms with E-state index in [9.17, 15) is 0 Å². The Labute approximate surface area is 122 Å². The Morgan fingerprint density at radius 2 is 1.95 bits per heavy atom. The van der Waals surface area contributed by atoms with Crippen LogP contribution in [0.4, 0.5) is 0 Å². The molecule has 0 aromatic carbocycles. The Kier molecular flexibility index (Phi) is 6.87. The van der Waals surface area contributed by atoms with E-state index >= 15 is 0 Å². The summed E-state index contributed by atoms with van der Waals surface area (Å²) in [7, 11) is 0. The Bertz CT molecular complexity index is 385. The molecule has 0 radical (unpaired) electrons. The van der Waals surface area contributed by atoms with Crippen LogP contribution in [0.5, 0.6) is 0 Å². The van der Waals surface area contributed by atoms with Gasteiger partial charge >= 0.3 is 0 Å². The second kappa shape index (κ2) is 7.91. The van der Waals surface area contributed by atoms with Crippen LogP contribution in [-0.4, -0.2) is 22.4 Å². The van der Waals surface area contributed by atoms with E-state index in [1.165, 1.54) is 5.69 Å². The summed E-state index contributed by atoms with van der Waals surface area (Å²) in [5, 5.41) is 9.00. The van der Waals surface area contributed by atoms with Crippen molar-refractivity contribution in [3.05, 3.63) is 16.4 Å². The zero-order valence-electron chi connectivity index (χ0n) is 13.0. The molecular formula is C15H28ClN3. The summed E-state index contributed by atoms with van der Waals surface area (Å²) in [6.45, 7) is 12.8. The van der Waals surface area contributed by atoms with Gasteiger partial charge in [-0.1, -0.05) is 45.7 Å². The first-order valence-corrected chi connectivity index (χ1v) is 7.88. The SMILES string of the molecule is CCc1nn(CC)c(CC(CC)CNC(C)C)c1Cl. The summed E-state index contributed by atoms with van der Waals surface area (Å²) in [5.74, 6) is 0.617. The van der Waals surface area contributed by atoms with E-state index in [0.717, 1.165) is 43.1 Å². The minimum atomic E-state index is 0.534. The molecule has 0 amide bonds. The molecular weight excluding hydrogens is 258 g/mol. The van der Waals surface area contributed by atoms with Crippen LogP contribution in [0.25, 0.3) is 0 Å². The number of rotatable bonds is 8. The molecule has 110 valence electrons. The fourth-order valence-corrected chi connectivity index (χ4v) is 2.60. The highest BCUT2D eigenvalue weighted by Gasteiger charge is 2.18. The lowest BCUT2D eigenvalue weighted by Gasteiger charge is -2.18. The van der Waals surface area contributed by atoms with E-state index in [-0.39, 0.29) is 0 Å². The molecule has 4 heteroatoms. The summed E-state index contributed by atoms with van der Waals surface area (Å²) in [4.78, 5) is 0. The molecule has 0 bridgehead atoms. The van der Waals surface area contributed by atoms with Crippen molar-refractivity contribution in [1.29, 1.82) is 0 Å². The third-order valence-electron chi connectivity index (χ3n) is 3.57. The highest BCUT2D eigenvalue weighted by Crippen LogP contribution is 2.25. The first-order chi connectivity index (χ1) is 9.03. The normalized spacial score (nSPS) is 13.2. The topological polar surface area (TPSA) is 29.9 Å². The highest BCUT2D eigenvalue weighted by molar-refractivity contribution is 6.31. The van der Waals surface area contributed by atoms with E-state index in [2.05, 4.69) is 49.7 Å². The Hall–Kier alpha value is -0.540. The van der Waals surface area contributed by atoms with Crippen molar-refractivity contribution in [2.24, 2.45) is 5.92 Å². The van der Waals surface area contributed by atoms with Crippen LogP contribution in [0.2, 0.25) is 5.02 Å². The lowest BCUT2D eigenvalue weighted by Crippen LogP contribution is -2.30. The number of nitrogens with zero attached hydrogens (tertiary/aromatic N) is 2. The number of aromatic nitrogens is 2. The van der Waals surface area contributed by atoms with Gasteiger partial charge in [-0.25, -0.2) is 0 Å². The predicted octanol–water partition coefficient (Wildman–Crippen LogP) is 3.69. The smallest absolute Gasteiger partial charge is 0.0849 e. The highest BCUT2D eigenvalue weighted by atomic mass is 35.5. The minimum Gasteiger partial charge on any atom is -0.314 e. The van der Waals surface area contributed by atoms with Crippen LogP contribution >= 0.6 is 11.6 Å². The predicted molar refractivity (Wildman–Crippen MR) is 82.9 cm³/mol. The first kappa shape index (κ1) is 16.5. The van der Waals surface area contributed by atoms with Gasteiger partial charge in [0.1, 0.15) is 0 Å². The molecule has 0 spiro atoms. The first-order valence-electron chi connectivity index (χ1n) is 7.50. The Morgan fingerprint density at radius 1 is 1.26 bits per heavy atom. The fraction of sp³-hybridized carbons (Fsp3) is 0.800. The van der Waals surface area contributed by atoms with E-state index in [1.54, 1.807) is 0 Å². The van der Waals surface area contributed by atoms with Gasteiger partial charge in [-0.15, -0.1) is 0 Å². The number of hydrogen-bond acceptors (Lipinski definition) is 2. The van der Waals surface area contributed by atoms with Crippen molar-refractivity contribution in [3.63, 3.8) is 0 Å². The van der Waals surface area contributed by atoms with Crippen molar-refractivity contribution in [3.8, 4) is 0 Å². The Balaban J connectivity index is 2.80. The standard InChI is InChI=1S/C15H28ClN3/c1-6-12(10-17-11(4)5)9-14-15(16)13(7-2)18-19(14)8-3/h11-12,17H,6-10H2,1-5H3. The second-order valence-electron chi connectivity index (χ2n) is 5.42. The van der Waals surface area contributed by atoms with E-state index in [4.69, 9.17) is 11.6 Å². The second-order valence-corrected chi connectivity index (χ2v) is 5.80. The summed E-state index contributed by atoms with van der Waals surface area (Å²) in [6, 6.07) is 0.534. The molecule has 0 saturated heterocycles. The van der Waals surface area contributed by atoms with Gasteiger partial charge in [0.05, 0.1) is 16.4 Å². The van der Waals surface area contributed by atoms with Gasteiger partial charge in [0.2, 0.25) is 0 Å². The van der Waals surface area contributed by atoms with Gasteiger partial charge in [0, 0.05) is 12.6 Å². The van der Waals surface area contributed by atoms with Crippen molar-refractivity contribution in [2.45, 2.75) is 66.5 Å². The molecule has 0 aliphatic heterocycles. The minimum absolute atomic E-state index is 0.534. The summed E-state index contributed by atoms with van der Waals surface area (Å²) in [6.07, 6.45) is 3.07. The third kappa shape index (κ3) is 4.50. The number of halogens is 1. The van der Waals surface area contributed by atoms with Crippen LogP contribution in [0.15, 0.2) is 0 Å². The zero-order valence-corrected chi connectivity index (χ0v) is 13.7. The quantitative estimate of drug-likeness (QED) is 0.789. The van der Waals surface area contributed by atoms with Crippen LogP contribution in [0.1, 0.15) is 52.4 Å². The zero-order chi connectivity index (χ0) is 14.4. The average molecular weight is 286 g/mol. The van der Waals surface area contributed by atoms with Crippen molar-refractivity contribution in [1.82, 2.24) is 15.1 Å². The molecule has 1 aromatic rings. The maximum absolute atomic E-state index is 6.47. The molecule has 1 unspecified atom stereocenters. The number of aryl methyl sites for hydroxylation is 2. The van der Waals surface area contributed by atoms with E-state index in [0.29, 0.717) is 12.0 Å². The van der Waals surface area contributed by atoms with Crippen LogP contribution < -0.4 is 5.32 Å². The molecule has 1 rings (SSSR count).